The second kappa shape index (κ2) is 4.11. The molecule has 0 unspecified atom stereocenters. The van der Waals surface area contributed by atoms with Crippen LogP contribution >= 0.6 is 0 Å². The molecular formula is C15H12N2O. The number of carbonyl (C=O) groups is 1. The van der Waals surface area contributed by atoms with Gasteiger partial charge in [0.25, 0.3) is 0 Å². The molecule has 0 saturated heterocycles. The van der Waals surface area contributed by atoms with Crippen LogP contribution in [0.5, 0.6) is 0 Å². The molecule has 1 aromatic heterocycles. The third-order valence-electron chi connectivity index (χ3n) is 3.11. The topological polar surface area (TPSA) is 34.9 Å². The van der Waals surface area contributed by atoms with Crippen LogP contribution in [0.3, 0.4) is 0 Å². The third-order valence-corrected chi connectivity index (χ3v) is 3.11. The van der Waals surface area contributed by atoms with Crippen molar-refractivity contribution in [1.29, 1.82) is 0 Å². The average Bonchev–Trinajstić information content (AvgIpc) is 2.82. The molecule has 0 bridgehead atoms. The molecule has 0 aliphatic carbocycles. The first-order valence-corrected chi connectivity index (χ1v) is 5.78. The Kier molecular flexibility index (Phi) is 2.45. The van der Waals surface area contributed by atoms with Crippen molar-refractivity contribution < 1.29 is 4.79 Å². The molecule has 0 radical (unpaired) electrons. The van der Waals surface area contributed by atoms with Crippen molar-refractivity contribution in [3.05, 3.63) is 59.9 Å². The minimum absolute atomic E-state index is 0.725. The number of para-hydroxylation sites is 2. The summed E-state index contributed by atoms with van der Waals surface area (Å²) in [5.74, 6) is 0. The first-order chi connectivity index (χ1) is 8.79. The van der Waals surface area contributed by atoms with Crippen LogP contribution in [0, 0.1) is 6.92 Å². The van der Waals surface area contributed by atoms with Gasteiger partial charge in [0.15, 0.2) is 0 Å². The second-order valence-electron chi connectivity index (χ2n) is 4.26. The molecule has 0 saturated carbocycles. The summed E-state index contributed by atoms with van der Waals surface area (Å²) in [7, 11) is 0. The fourth-order valence-corrected chi connectivity index (χ4v) is 2.11. The van der Waals surface area contributed by atoms with Crippen molar-refractivity contribution in [3.8, 4) is 5.69 Å². The highest BCUT2D eigenvalue weighted by molar-refractivity contribution is 5.79. The van der Waals surface area contributed by atoms with Gasteiger partial charge in [-0.2, -0.15) is 0 Å². The number of aromatic nitrogens is 2. The maximum atomic E-state index is 10.8. The van der Waals surface area contributed by atoms with E-state index in [0.29, 0.717) is 0 Å². The number of rotatable bonds is 2. The van der Waals surface area contributed by atoms with Crippen LogP contribution in [0.25, 0.3) is 16.7 Å². The van der Waals surface area contributed by atoms with Gasteiger partial charge in [-0.25, -0.2) is 4.98 Å². The monoisotopic (exact) mass is 236 g/mol. The van der Waals surface area contributed by atoms with Gasteiger partial charge >= 0.3 is 0 Å². The fourth-order valence-electron chi connectivity index (χ4n) is 2.11. The van der Waals surface area contributed by atoms with E-state index in [1.165, 1.54) is 0 Å². The van der Waals surface area contributed by atoms with Crippen molar-refractivity contribution in [2.45, 2.75) is 6.92 Å². The molecule has 3 rings (SSSR count). The van der Waals surface area contributed by atoms with E-state index < -0.39 is 0 Å². The van der Waals surface area contributed by atoms with Gasteiger partial charge in [-0.15, -0.1) is 0 Å². The number of fused-ring (bicyclic) bond motifs is 1. The maximum Gasteiger partial charge on any atom is 0.150 e. The van der Waals surface area contributed by atoms with Gasteiger partial charge in [0.1, 0.15) is 12.6 Å². The molecule has 3 aromatic rings. The zero-order valence-corrected chi connectivity index (χ0v) is 10.00. The SMILES string of the molecule is Cc1cc(-n2cnc3ccccc32)ccc1C=O. The highest BCUT2D eigenvalue weighted by Gasteiger charge is 2.05. The summed E-state index contributed by atoms with van der Waals surface area (Å²) >= 11 is 0. The number of benzene rings is 2. The number of hydrogen-bond acceptors (Lipinski definition) is 2. The van der Waals surface area contributed by atoms with Gasteiger partial charge in [0.2, 0.25) is 0 Å². The molecule has 0 N–H and O–H groups in total. The van der Waals surface area contributed by atoms with Crippen molar-refractivity contribution >= 4 is 17.3 Å². The summed E-state index contributed by atoms with van der Waals surface area (Å²) in [5, 5.41) is 0. The molecule has 1 heterocycles. The first-order valence-electron chi connectivity index (χ1n) is 5.78. The van der Waals surface area contributed by atoms with E-state index in [4.69, 9.17) is 0 Å². The summed E-state index contributed by atoms with van der Waals surface area (Å²) < 4.78 is 2.02. The summed E-state index contributed by atoms with van der Waals surface area (Å²) in [4.78, 5) is 15.2. The number of carbonyl (C=O) groups excluding carboxylic acids is 1. The molecule has 18 heavy (non-hydrogen) atoms. The number of imidazole rings is 1. The van der Waals surface area contributed by atoms with Gasteiger partial charge in [-0.05, 0) is 42.8 Å². The zero-order chi connectivity index (χ0) is 12.5. The molecule has 3 nitrogen and oxygen atoms in total. The fraction of sp³-hybridized carbons (Fsp3) is 0.0667. The van der Waals surface area contributed by atoms with Crippen LogP contribution in [-0.4, -0.2) is 15.8 Å². The van der Waals surface area contributed by atoms with E-state index in [0.717, 1.165) is 34.1 Å². The molecule has 0 fully saturated rings. The second-order valence-corrected chi connectivity index (χ2v) is 4.26. The molecule has 0 amide bonds. The Morgan fingerprint density at radius 3 is 2.78 bits per heavy atom. The quantitative estimate of drug-likeness (QED) is 0.641. The Morgan fingerprint density at radius 2 is 2.00 bits per heavy atom. The lowest BCUT2D eigenvalue weighted by Crippen LogP contribution is -1.94. The van der Waals surface area contributed by atoms with Crippen LogP contribution in [0.4, 0.5) is 0 Å². The van der Waals surface area contributed by atoms with Crippen LogP contribution in [0.15, 0.2) is 48.8 Å². The minimum Gasteiger partial charge on any atom is -0.299 e. The van der Waals surface area contributed by atoms with E-state index in [9.17, 15) is 4.79 Å². The van der Waals surface area contributed by atoms with Gasteiger partial charge < -0.3 is 0 Å². The third kappa shape index (κ3) is 1.61. The Labute approximate surface area is 105 Å². The van der Waals surface area contributed by atoms with Gasteiger partial charge in [0.05, 0.1) is 11.0 Å². The van der Waals surface area contributed by atoms with Gasteiger partial charge in [-0.1, -0.05) is 12.1 Å². The largest absolute Gasteiger partial charge is 0.299 e. The van der Waals surface area contributed by atoms with Crippen molar-refractivity contribution in [2.75, 3.05) is 0 Å². The smallest absolute Gasteiger partial charge is 0.150 e. The van der Waals surface area contributed by atoms with Crippen molar-refractivity contribution in [2.24, 2.45) is 0 Å². The van der Waals surface area contributed by atoms with E-state index in [1.807, 2.05) is 54.0 Å². The van der Waals surface area contributed by atoms with Gasteiger partial charge in [0, 0.05) is 11.3 Å². The maximum absolute atomic E-state index is 10.8. The van der Waals surface area contributed by atoms with E-state index in [2.05, 4.69) is 4.98 Å². The molecule has 88 valence electrons. The summed E-state index contributed by atoms with van der Waals surface area (Å²) in [6, 6.07) is 13.8. The zero-order valence-electron chi connectivity index (χ0n) is 10.00. The average molecular weight is 236 g/mol. The first kappa shape index (κ1) is 10.7. The Hall–Kier alpha value is -2.42. The predicted molar refractivity (Wildman–Crippen MR) is 71.2 cm³/mol. The molecule has 0 aliphatic heterocycles. The Balaban J connectivity index is 2.20. The van der Waals surface area contributed by atoms with E-state index >= 15 is 0 Å². The molecule has 2 aromatic carbocycles. The number of hydrogen-bond donors (Lipinski definition) is 0. The van der Waals surface area contributed by atoms with E-state index in [1.54, 1.807) is 6.33 Å². The van der Waals surface area contributed by atoms with Crippen LogP contribution in [0.2, 0.25) is 0 Å². The number of nitrogens with zero attached hydrogens (tertiary/aromatic N) is 2. The molecule has 0 aliphatic rings. The molecule has 0 spiro atoms. The Morgan fingerprint density at radius 1 is 1.17 bits per heavy atom. The van der Waals surface area contributed by atoms with Crippen molar-refractivity contribution in [3.63, 3.8) is 0 Å². The number of aryl methyl sites for hydroxylation is 1. The standard InChI is InChI=1S/C15H12N2O/c1-11-8-13(7-6-12(11)9-18)17-10-16-14-4-2-3-5-15(14)17/h2-10H,1H3. The lowest BCUT2D eigenvalue weighted by atomic mass is 10.1. The van der Waals surface area contributed by atoms with Gasteiger partial charge in [-0.3, -0.25) is 9.36 Å². The normalized spacial score (nSPS) is 10.7. The highest BCUT2D eigenvalue weighted by Crippen LogP contribution is 2.19. The van der Waals surface area contributed by atoms with E-state index in [-0.39, 0.29) is 0 Å². The summed E-state index contributed by atoms with van der Waals surface area (Å²) in [5.41, 5.74) is 4.75. The summed E-state index contributed by atoms with van der Waals surface area (Å²) in [6.07, 6.45) is 2.69. The highest BCUT2D eigenvalue weighted by atomic mass is 16.1. The van der Waals surface area contributed by atoms with Crippen molar-refractivity contribution in [1.82, 2.24) is 9.55 Å². The Bertz CT molecular complexity index is 728. The van der Waals surface area contributed by atoms with Crippen LogP contribution in [-0.2, 0) is 0 Å². The molecule has 3 heteroatoms. The number of aldehydes is 1. The molecule has 0 atom stereocenters. The predicted octanol–water partition coefficient (Wildman–Crippen LogP) is 3.15. The summed E-state index contributed by atoms with van der Waals surface area (Å²) in [6.45, 7) is 1.94. The lowest BCUT2D eigenvalue weighted by Gasteiger charge is -2.06. The van der Waals surface area contributed by atoms with Crippen LogP contribution < -0.4 is 0 Å². The van der Waals surface area contributed by atoms with Crippen LogP contribution in [0.1, 0.15) is 15.9 Å². The lowest BCUT2D eigenvalue weighted by molar-refractivity contribution is 0.112. The molecular weight excluding hydrogens is 224 g/mol. The minimum atomic E-state index is 0.725.